The maximum Gasteiger partial charge on any atom is 0.338 e. The second-order valence-electron chi connectivity index (χ2n) is 6.76. The molecule has 2 unspecified atom stereocenters. The molecule has 2 N–H and O–H groups in total. The second kappa shape index (κ2) is 6.42. The van der Waals surface area contributed by atoms with Crippen LogP contribution in [0.2, 0.25) is 0 Å². The number of nitrogens with one attached hydrogen (secondary N) is 1. The van der Waals surface area contributed by atoms with Gasteiger partial charge >= 0.3 is 5.97 Å². The van der Waals surface area contributed by atoms with Crippen molar-refractivity contribution in [1.29, 1.82) is 0 Å². The number of carbonyl (C=O) groups is 1. The molecule has 6 heteroatoms. The highest BCUT2D eigenvalue weighted by molar-refractivity contribution is 9.10. The van der Waals surface area contributed by atoms with Gasteiger partial charge in [-0.1, -0.05) is 41.9 Å². The summed E-state index contributed by atoms with van der Waals surface area (Å²) in [7, 11) is 1.23. The third kappa shape index (κ3) is 3.04. The summed E-state index contributed by atoms with van der Waals surface area (Å²) in [6.07, 6.45) is -0.970. The van der Waals surface area contributed by atoms with Crippen LogP contribution in [0, 0.1) is 11.2 Å². The molecule has 0 fully saturated rings. The Hall–Kier alpha value is -1.92. The van der Waals surface area contributed by atoms with Crippen molar-refractivity contribution in [3.63, 3.8) is 0 Å². The van der Waals surface area contributed by atoms with Gasteiger partial charge in [-0.3, -0.25) is 0 Å². The van der Waals surface area contributed by atoms with E-state index in [0.29, 0.717) is 11.3 Å². The zero-order valence-electron chi connectivity index (χ0n) is 14.1. The number of benzene rings is 2. The highest BCUT2D eigenvalue weighted by atomic mass is 79.9. The first-order chi connectivity index (χ1) is 11.8. The molecule has 0 spiro atoms. The molecule has 0 bridgehead atoms. The molecule has 0 saturated heterocycles. The highest BCUT2D eigenvalue weighted by Crippen LogP contribution is 2.52. The van der Waals surface area contributed by atoms with Crippen molar-refractivity contribution in [2.75, 3.05) is 12.4 Å². The Morgan fingerprint density at radius 1 is 1.32 bits per heavy atom. The van der Waals surface area contributed by atoms with Crippen LogP contribution in [0.15, 0.2) is 40.9 Å². The third-order valence-electron chi connectivity index (χ3n) is 4.75. The van der Waals surface area contributed by atoms with Crippen LogP contribution in [-0.4, -0.2) is 18.2 Å². The van der Waals surface area contributed by atoms with Crippen LogP contribution in [-0.2, 0) is 4.74 Å². The molecule has 0 radical (unpaired) electrons. The molecule has 25 heavy (non-hydrogen) atoms. The standard InChI is InChI=1S/C19H19BrFNO3/c1-19(2)16(10-5-4-6-11(20)7-10)22-14-9-12(21)8-13(18(24)25-3)15(14)17(19)23/h4-9,16-17,22-23H,1-3H3. The van der Waals surface area contributed by atoms with Crippen molar-refractivity contribution >= 4 is 27.6 Å². The first kappa shape index (κ1) is 17.9. The number of hydrogen-bond acceptors (Lipinski definition) is 4. The van der Waals surface area contributed by atoms with E-state index in [1.807, 2.05) is 38.1 Å². The molecule has 1 aliphatic rings. The lowest BCUT2D eigenvalue weighted by Crippen LogP contribution is -2.39. The van der Waals surface area contributed by atoms with Crippen LogP contribution in [0.1, 0.15) is 47.5 Å². The normalized spacial score (nSPS) is 21.2. The Morgan fingerprint density at radius 2 is 2.04 bits per heavy atom. The van der Waals surface area contributed by atoms with Gasteiger partial charge in [0, 0.05) is 21.1 Å². The third-order valence-corrected chi connectivity index (χ3v) is 5.25. The minimum absolute atomic E-state index is 0.0401. The molecular weight excluding hydrogens is 389 g/mol. The first-order valence-corrected chi connectivity index (χ1v) is 8.67. The molecule has 0 aromatic heterocycles. The van der Waals surface area contributed by atoms with E-state index in [1.165, 1.54) is 13.2 Å². The summed E-state index contributed by atoms with van der Waals surface area (Å²) in [5.41, 5.74) is 1.11. The van der Waals surface area contributed by atoms with Gasteiger partial charge in [0.15, 0.2) is 0 Å². The molecule has 2 atom stereocenters. The summed E-state index contributed by atoms with van der Waals surface area (Å²) >= 11 is 3.45. The number of esters is 1. The Bertz CT molecular complexity index is 837. The number of methoxy groups -OCH3 is 1. The number of anilines is 1. The van der Waals surface area contributed by atoms with Crippen LogP contribution < -0.4 is 5.32 Å². The van der Waals surface area contributed by atoms with Crippen LogP contribution in [0.3, 0.4) is 0 Å². The first-order valence-electron chi connectivity index (χ1n) is 7.87. The van der Waals surface area contributed by atoms with Crippen molar-refractivity contribution in [3.05, 3.63) is 63.4 Å². The van der Waals surface area contributed by atoms with E-state index in [2.05, 4.69) is 21.2 Å². The summed E-state index contributed by atoms with van der Waals surface area (Å²) in [5, 5.41) is 14.3. The van der Waals surface area contributed by atoms with Gasteiger partial charge in [-0.2, -0.15) is 0 Å². The van der Waals surface area contributed by atoms with E-state index in [0.717, 1.165) is 16.1 Å². The van der Waals surface area contributed by atoms with Crippen molar-refractivity contribution in [2.45, 2.75) is 26.0 Å². The van der Waals surface area contributed by atoms with Gasteiger partial charge in [0.2, 0.25) is 0 Å². The number of fused-ring (bicyclic) bond motifs is 1. The van der Waals surface area contributed by atoms with E-state index in [9.17, 15) is 14.3 Å². The average molecular weight is 408 g/mol. The summed E-state index contributed by atoms with van der Waals surface area (Å²) in [6, 6.07) is 9.86. The Morgan fingerprint density at radius 3 is 2.68 bits per heavy atom. The molecule has 0 saturated carbocycles. The summed E-state index contributed by atoms with van der Waals surface area (Å²) in [6.45, 7) is 3.81. The van der Waals surface area contributed by atoms with Gasteiger partial charge < -0.3 is 15.2 Å². The molecule has 3 rings (SSSR count). The number of carbonyl (C=O) groups excluding carboxylic acids is 1. The van der Waals surface area contributed by atoms with Crippen LogP contribution in [0.25, 0.3) is 0 Å². The molecule has 1 heterocycles. The molecular formula is C19H19BrFNO3. The van der Waals surface area contributed by atoms with Crippen molar-refractivity contribution < 1.29 is 19.0 Å². The molecule has 4 nitrogen and oxygen atoms in total. The van der Waals surface area contributed by atoms with Gasteiger partial charge in [-0.25, -0.2) is 9.18 Å². The number of aliphatic hydroxyl groups is 1. The molecule has 0 amide bonds. The van der Waals surface area contributed by atoms with Crippen LogP contribution >= 0.6 is 15.9 Å². The minimum atomic E-state index is -0.970. The Balaban J connectivity index is 2.17. The minimum Gasteiger partial charge on any atom is -0.465 e. The number of rotatable bonds is 2. The van der Waals surface area contributed by atoms with E-state index in [1.54, 1.807) is 0 Å². The summed E-state index contributed by atoms with van der Waals surface area (Å²) in [4.78, 5) is 12.1. The predicted molar refractivity (Wildman–Crippen MR) is 97.0 cm³/mol. The second-order valence-corrected chi connectivity index (χ2v) is 7.68. The number of hydrogen-bond donors (Lipinski definition) is 2. The van der Waals surface area contributed by atoms with Gasteiger partial charge in [0.25, 0.3) is 0 Å². The number of aliphatic hydroxyl groups excluding tert-OH is 1. The lowest BCUT2D eigenvalue weighted by molar-refractivity contribution is 0.0265. The lowest BCUT2D eigenvalue weighted by Gasteiger charge is -2.45. The van der Waals surface area contributed by atoms with Crippen molar-refractivity contribution in [3.8, 4) is 0 Å². The average Bonchev–Trinajstić information content (AvgIpc) is 2.56. The molecule has 2 aromatic carbocycles. The number of halogens is 2. The van der Waals surface area contributed by atoms with Crippen LogP contribution in [0.5, 0.6) is 0 Å². The quantitative estimate of drug-likeness (QED) is 0.714. The predicted octanol–water partition coefficient (Wildman–Crippen LogP) is 4.60. The van der Waals surface area contributed by atoms with E-state index in [4.69, 9.17) is 4.74 Å². The van der Waals surface area contributed by atoms with Crippen LogP contribution in [0.4, 0.5) is 10.1 Å². The molecule has 1 aliphatic heterocycles. The van der Waals surface area contributed by atoms with Crippen molar-refractivity contribution in [2.24, 2.45) is 5.41 Å². The fourth-order valence-electron chi connectivity index (χ4n) is 3.38. The molecule has 132 valence electrons. The van der Waals surface area contributed by atoms with Gasteiger partial charge in [0.05, 0.1) is 24.8 Å². The maximum atomic E-state index is 14.0. The SMILES string of the molecule is COC(=O)c1cc(F)cc2c1C(O)C(C)(C)C(c1cccc(Br)c1)N2. The number of ether oxygens (including phenoxy) is 1. The van der Waals surface area contributed by atoms with Gasteiger partial charge in [-0.15, -0.1) is 0 Å². The van der Waals surface area contributed by atoms with Crippen molar-refractivity contribution in [1.82, 2.24) is 0 Å². The summed E-state index contributed by atoms with van der Waals surface area (Å²) < 4.78 is 19.7. The fraction of sp³-hybridized carbons (Fsp3) is 0.316. The topological polar surface area (TPSA) is 58.6 Å². The fourth-order valence-corrected chi connectivity index (χ4v) is 3.80. The Labute approximate surface area is 154 Å². The maximum absolute atomic E-state index is 14.0. The summed E-state index contributed by atoms with van der Waals surface area (Å²) in [5.74, 6) is -1.24. The van der Waals surface area contributed by atoms with Gasteiger partial charge in [-0.05, 0) is 29.8 Å². The van der Waals surface area contributed by atoms with E-state index in [-0.39, 0.29) is 11.6 Å². The van der Waals surface area contributed by atoms with Gasteiger partial charge in [0.1, 0.15) is 5.82 Å². The largest absolute Gasteiger partial charge is 0.465 e. The zero-order chi connectivity index (χ0) is 18.4. The van der Waals surface area contributed by atoms with E-state index >= 15 is 0 Å². The molecule has 0 aliphatic carbocycles. The van der Waals surface area contributed by atoms with E-state index < -0.39 is 23.3 Å². The monoisotopic (exact) mass is 407 g/mol. The highest BCUT2D eigenvalue weighted by Gasteiger charge is 2.45. The molecule has 2 aromatic rings. The zero-order valence-corrected chi connectivity index (χ0v) is 15.7. The smallest absolute Gasteiger partial charge is 0.338 e. The Kier molecular flexibility index (Phi) is 4.60. The lowest BCUT2D eigenvalue weighted by atomic mass is 9.70.